The summed E-state index contributed by atoms with van der Waals surface area (Å²) in [5.74, 6) is -1.08. The van der Waals surface area contributed by atoms with E-state index < -0.39 is 11.8 Å². The lowest BCUT2D eigenvalue weighted by atomic mass is 10.2. The van der Waals surface area contributed by atoms with E-state index >= 15 is 0 Å². The van der Waals surface area contributed by atoms with Gasteiger partial charge in [-0.05, 0) is 48.2 Å². The molecular weight excluding hydrogens is 1010 g/mol. The van der Waals surface area contributed by atoms with Crippen molar-refractivity contribution < 1.29 is 47.6 Å². The Hall–Kier alpha value is -7.76. The lowest BCUT2D eigenvalue weighted by Gasteiger charge is -2.10. The van der Waals surface area contributed by atoms with Crippen molar-refractivity contribution in [3.8, 4) is 11.5 Å². The summed E-state index contributed by atoms with van der Waals surface area (Å²) in [5.41, 5.74) is 35.3. The van der Waals surface area contributed by atoms with E-state index in [0.29, 0.717) is 117 Å². The Bertz CT molecular complexity index is 2310. The minimum atomic E-state index is -0.730. The Kier molecular flexibility index (Phi) is 26.3. The van der Waals surface area contributed by atoms with E-state index in [1.807, 2.05) is 0 Å². The molecular formula is C44H62Cl2N18O10. The maximum Gasteiger partial charge on any atom is 0.314 e. The van der Waals surface area contributed by atoms with Gasteiger partial charge in [-0.15, -0.1) is 0 Å². The van der Waals surface area contributed by atoms with Crippen molar-refractivity contribution in [2.45, 2.75) is 25.9 Å². The fourth-order valence-corrected chi connectivity index (χ4v) is 5.97. The summed E-state index contributed by atoms with van der Waals surface area (Å²) in [4.78, 5) is 72.3. The second kappa shape index (κ2) is 33.1. The fourth-order valence-electron chi connectivity index (χ4n) is 5.72. The van der Waals surface area contributed by atoms with Crippen LogP contribution in [0.25, 0.3) is 0 Å². The molecule has 74 heavy (non-hydrogen) atoms. The first-order valence-corrected chi connectivity index (χ1v) is 23.6. The van der Waals surface area contributed by atoms with E-state index in [9.17, 15) is 19.2 Å². The summed E-state index contributed by atoms with van der Waals surface area (Å²) in [6.07, 6.45) is 1.35. The largest absolute Gasteiger partial charge is 0.491 e. The van der Waals surface area contributed by atoms with E-state index in [-0.39, 0.29) is 82.0 Å². The molecule has 4 aromatic rings. The van der Waals surface area contributed by atoms with Crippen molar-refractivity contribution in [1.82, 2.24) is 51.8 Å². The molecule has 0 saturated carbocycles. The van der Waals surface area contributed by atoms with Crippen molar-refractivity contribution in [3.05, 3.63) is 81.4 Å². The van der Waals surface area contributed by atoms with E-state index in [0.717, 1.165) is 11.1 Å². The first-order chi connectivity index (χ1) is 35.7. The highest BCUT2D eigenvalue weighted by Crippen LogP contribution is 2.19. The molecule has 0 aliphatic carbocycles. The monoisotopic (exact) mass is 1070 g/mol. The Morgan fingerprint density at radius 2 is 0.797 bits per heavy atom. The zero-order chi connectivity index (χ0) is 53.5. The Morgan fingerprint density at radius 1 is 0.459 bits per heavy atom. The van der Waals surface area contributed by atoms with Gasteiger partial charge in [0.2, 0.25) is 0 Å². The molecule has 18 N–H and O–H groups in total. The molecule has 30 heteroatoms. The third-order valence-corrected chi connectivity index (χ3v) is 9.97. The predicted molar refractivity (Wildman–Crippen MR) is 277 cm³/mol. The number of aromatic nitrogens is 4. The molecule has 0 spiro atoms. The van der Waals surface area contributed by atoms with Crippen molar-refractivity contribution in [2.24, 2.45) is 21.5 Å². The Balaban J connectivity index is 0.869. The Morgan fingerprint density at radius 3 is 1.18 bits per heavy atom. The summed E-state index contributed by atoms with van der Waals surface area (Å²) in [5, 5.41) is 15.4. The minimum Gasteiger partial charge on any atom is -0.491 e. The molecule has 0 aliphatic rings. The van der Waals surface area contributed by atoms with Crippen LogP contribution in [0.15, 0.2) is 58.5 Å². The quantitative estimate of drug-likeness (QED) is 0.0183. The Labute approximate surface area is 435 Å². The van der Waals surface area contributed by atoms with Gasteiger partial charge in [-0.25, -0.2) is 39.5 Å². The number of ether oxygens (including phenoxy) is 6. The van der Waals surface area contributed by atoms with Crippen LogP contribution in [0.5, 0.6) is 11.5 Å². The lowest BCUT2D eigenvalue weighted by Crippen LogP contribution is -2.39. The molecule has 0 saturated heterocycles. The van der Waals surface area contributed by atoms with Gasteiger partial charge in [0, 0.05) is 26.2 Å². The van der Waals surface area contributed by atoms with Crippen molar-refractivity contribution in [3.63, 3.8) is 0 Å². The van der Waals surface area contributed by atoms with Crippen molar-refractivity contribution >= 4 is 82.3 Å². The van der Waals surface area contributed by atoms with E-state index in [1.54, 1.807) is 48.5 Å². The molecule has 402 valence electrons. The summed E-state index contributed by atoms with van der Waals surface area (Å²) < 4.78 is 33.4. The average Bonchev–Trinajstić information content (AvgIpc) is 3.37. The number of aliphatic imine (C=N–C) groups is 2. The van der Waals surface area contributed by atoms with Crippen LogP contribution in [0.2, 0.25) is 10.3 Å². The van der Waals surface area contributed by atoms with Gasteiger partial charge < -0.3 is 84.1 Å². The number of amides is 6. The normalized spacial score (nSPS) is 11.4. The van der Waals surface area contributed by atoms with Gasteiger partial charge in [0.1, 0.15) is 24.7 Å². The highest BCUT2D eigenvalue weighted by Gasteiger charge is 2.18. The standard InChI is InChI=1S/C44H62Cl2N18O10/c45-33-37(49)61-35(47)31(59-33)39(65)63-41(51)57-25-27-3-7-29(8-4-27)73-23-21-71-19-17-69-15-13-55-43(67)53-11-1-2-12-54-44(68)56-14-16-70-18-20-72-22-24-74-30-9-5-28(6-10-30)26-58-42(52)64-40(66)32-36(48)62-38(50)34(46)60-32/h3-10H,1-2,11-26H2,(H4,47,49,61)(H4,48,50,62)(H2,53,55,67)(H2,54,56,68)(H3,51,57,63,65)(H3,52,58,64,66). The number of nitrogens with one attached hydrogen (secondary N) is 6. The van der Waals surface area contributed by atoms with Gasteiger partial charge in [-0.1, -0.05) is 47.5 Å². The highest BCUT2D eigenvalue weighted by atomic mass is 35.5. The zero-order valence-electron chi connectivity index (χ0n) is 40.3. The number of nitrogen functional groups attached to an aromatic ring is 4. The van der Waals surface area contributed by atoms with Crippen LogP contribution >= 0.6 is 23.2 Å². The number of hydrogen-bond acceptors (Lipinski definition) is 20. The number of benzene rings is 2. The van der Waals surface area contributed by atoms with Crippen LogP contribution < -0.4 is 75.8 Å². The lowest BCUT2D eigenvalue weighted by molar-refractivity contribution is 0.0377. The van der Waals surface area contributed by atoms with Gasteiger partial charge in [-0.2, -0.15) is 0 Å². The number of nitrogens with zero attached hydrogens (tertiary/aromatic N) is 6. The van der Waals surface area contributed by atoms with E-state index in [4.69, 9.17) is 86.0 Å². The molecule has 0 fully saturated rings. The number of rotatable bonds is 31. The molecule has 4 rings (SSSR count). The number of unbranched alkanes of at least 4 members (excludes halogenated alkanes) is 1. The number of urea groups is 2. The SMILES string of the molecule is NC(=NCc1ccc(OCCOCCOCCNC(=O)NCCCCNC(=O)NCCOCCOCCOc2ccc(CN=C(N)NC(=O)c3nc(Cl)c(N)nc3N)cc2)cc1)NC(=O)c1nc(Cl)c(N)nc1N. The second-order valence-corrected chi connectivity index (χ2v) is 15.8. The van der Waals surface area contributed by atoms with Crippen molar-refractivity contribution in [2.75, 3.05) is 115 Å². The molecule has 6 amide bonds. The molecule has 28 nitrogen and oxygen atoms in total. The summed E-state index contributed by atoms with van der Waals surface area (Å²) >= 11 is 11.6. The molecule has 2 aromatic heterocycles. The van der Waals surface area contributed by atoms with Crippen LogP contribution in [0.3, 0.4) is 0 Å². The summed E-state index contributed by atoms with van der Waals surface area (Å²) in [6, 6.07) is 13.7. The number of nitrogens with two attached hydrogens (primary N) is 6. The van der Waals surface area contributed by atoms with Crippen LogP contribution in [0.1, 0.15) is 44.9 Å². The molecule has 0 atom stereocenters. The second-order valence-electron chi connectivity index (χ2n) is 15.1. The number of hydrogen-bond donors (Lipinski definition) is 12. The molecule has 0 radical (unpaired) electrons. The van der Waals surface area contributed by atoms with Crippen LogP contribution in [-0.4, -0.2) is 148 Å². The van der Waals surface area contributed by atoms with E-state index in [2.05, 4.69) is 61.8 Å². The first-order valence-electron chi connectivity index (χ1n) is 22.9. The summed E-state index contributed by atoms with van der Waals surface area (Å²) in [7, 11) is 0. The zero-order valence-corrected chi connectivity index (χ0v) is 41.8. The molecule has 2 aromatic carbocycles. The molecule has 0 unspecified atom stereocenters. The maximum absolute atomic E-state index is 12.4. The van der Waals surface area contributed by atoms with Crippen LogP contribution in [0.4, 0.5) is 32.9 Å². The third-order valence-electron chi connectivity index (χ3n) is 9.41. The van der Waals surface area contributed by atoms with E-state index in [1.165, 1.54) is 0 Å². The number of anilines is 4. The van der Waals surface area contributed by atoms with Gasteiger partial charge >= 0.3 is 12.1 Å². The van der Waals surface area contributed by atoms with Crippen LogP contribution in [-0.2, 0) is 32.0 Å². The van der Waals surface area contributed by atoms with Crippen LogP contribution in [0, 0.1) is 0 Å². The molecule has 0 bridgehead atoms. The highest BCUT2D eigenvalue weighted by molar-refractivity contribution is 6.32. The van der Waals surface area contributed by atoms with Gasteiger partial charge in [0.05, 0.1) is 65.9 Å². The number of guanidine groups is 2. The summed E-state index contributed by atoms with van der Waals surface area (Å²) in [6.45, 7) is 5.29. The number of carbonyl (C=O) groups excluding carboxylic acids is 4. The minimum absolute atomic E-state index is 0.0981. The maximum atomic E-state index is 12.4. The van der Waals surface area contributed by atoms with Gasteiger partial charge in [0.25, 0.3) is 11.8 Å². The topological polar surface area (TPSA) is 428 Å². The number of halogens is 2. The third kappa shape index (κ3) is 23.2. The average molecular weight is 1070 g/mol. The van der Waals surface area contributed by atoms with Gasteiger partial charge in [0.15, 0.2) is 56.9 Å². The molecule has 0 aliphatic heterocycles. The fraction of sp³-hybridized carbons (Fsp3) is 0.409. The van der Waals surface area contributed by atoms with Gasteiger partial charge in [-0.3, -0.25) is 20.2 Å². The molecule has 2 heterocycles. The first kappa shape index (κ1) is 58.8. The number of carbonyl (C=O) groups is 4. The smallest absolute Gasteiger partial charge is 0.314 e. The predicted octanol–water partition coefficient (Wildman–Crippen LogP) is 0.294. The van der Waals surface area contributed by atoms with Crippen molar-refractivity contribution in [1.29, 1.82) is 0 Å².